The van der Waals surface area contributed by atoms with Gasteiger partial charge in [0.25, 0.3) is 0 Å². The zero-order chi connectivity index (χ0) is 13.5. The number of hydrogen-bond donors (Lipinski definition) is 0. The second-order valence-corrected chi connectivity index (χ2v) is 5.98. The number of rotatable bonds is 7. The van der Waals surface area contributed by atoms with Gasteiger partial charge in [0.05, 0.1) is 0 Å². The summed E-state index contributed by atoms with van der Waals surface area (Å²) >= 11 is 9.52. The number of carbonyl (C=O) groups is 1. The highest BCUT2D eigenvalue weighted by molar-refractivity contribution is 9.10. The summed E-state index contributed by atoms with van der Waals surface area (Å²) in [6.45, 7) is 4.26. The molecule has 0 spiro atoms. The van der Waals surface area contributed by atoms with E-state index in [0.29, 0.717) is 17.2 Å². The minimum atomic E-state index is 0.194. The number of carbonyl (C=O) groups excluding carboxylic acids is 1. The van der Waals surface area contributed by atoms with Crippen molar-refractivity contribution in [3.05, 3.63) is 33.3 Å². The van der Waals surface area contributed by atoms with Crippen molar-refractivity contribution in [1.82, 2.24) is 0 Å². The van der Waals surface area contributed by atoms with Crippen LogP contribution in [-0.4, -0.2) is 5.78 Å². The van der Waals surface area contributed by atoms with Crippen LogP contribution in [0, 0.1) is 5.92 Å². The molecule has 0 radical (unpaired) electrons. The summed E-state index contributed by atoms with van der Waals surface area (Å²) in [6.07, 6.45) is 4.55. The molecule has 0 heterocycles. The molecule has 0 unspecified atom stereocenters. The maximum absolute atomic E-state index is 12.3. The van der Waals surface area contributed by atoms with Gasteiger partial charge in [0.15, 0.2) is 0 Å². The van der Waals surface area contributed by atoms with Crippen LogP contribution in [-0.2, 0) is 11.2 Å². The van der Waals surface area contributed by atoms with Crippen LogP contribution in [0.25, 0.3) is 0 Å². The van der Waals surface area contributed by atoms with Gasteiger partial charge in [0, 0.05) is 21.8 Å². The lowest BCUT2D eigenvalue weighted by Crippen LogP contribution is -2.17. The Hall–Kier alpha value is -0.340. The van der Waals surface area contributed by atoms with Crippen molar-refractivity contribution in [3.8, 4) is 0 Å². The Bertz CT molecular complexity index is 397. The first-order chi connectivity index (χ1) is 8.58. The van der Waals surface area contributed by atoms with Crippen LogP contribution < -0.4 is 0 Å². The second-order valence-electron chi connectivity index (χ2n) is 4.65. The molecule has 100 valence electrons. The first-order valence-corrected chi connectivity index (χ1v) is 7.72. The molecule has 0 bridgehead atoms. The van der Waals surface area contributed by atoms with Crippen molar-refractivity contribution in [3.63, 3.8) is 0 Å². The Kier molecular flexibility index (Phi) is 6.95. The molecule has 3 heteroatoms. The Balaban J connectivity index is 2.72. The van der Waals surface area contributed by atoms with E-state index in [9.17, 15) is 4.79 Å². The Labute approximate surface area is 123 Å². The van der Waals surface area contributed by atoms with Crippen molar-refractivity contribution >= 4 is 33.3 Å². The number of halogens is 2. The molecule has 18 heavy (non-hydrogen) atoms. The maximum atomic E-state index is 12.3. The smallest absolute Gasteiger partial charge is 0.140 e. The molecular formula is C15H20BrClO. The quantitative estimate of drug-likeness (QED) is 0.651. The van der Waals surface area contributed by atoms with Gasteiger partial charge in [0.2, 0.25) is 0 Å². The molecule has 0 amide bonds. The normalized spacial score (nSPS) is 10.9. The molecule has 0 aromatic heterocycles. The van der Waals surface area contributed by atoms with E-state index in [4.69, 9.17) is 11.6 Å². The average Bonchev–Trinajstić information content (AvgIpc) is 2.32. The van der Waals surface area contributed by atoms with Crippen molar-refractivity contribution in [2.24, 2.45) is 5.92 Å². The maximum Gasteiger partial charge on any atom is 0.140 e. The van der Waals surface area contributed by atoms with E-state index in [2.05, 4.69) is 29.8 Å². The van der Waals surface area contributed by atoms with Gasteiger partial charge in [-0.3, -0.25) is 4.79 Å². The summed E-state index contributed by atoms with van der Waals surface area (Å²) in [5.41, 5.74) is 0.932. The number of Topliss-reactive ketones (excluding diaryl/α,β-unsaturated/α-hetero) is 1. The Morgan fingerprint density at radius 3 is 2.39 bits per heavy atom. The van der Waals surface area contributed by atoms with Crippen molar-refractivity contribution in [2.45, 2.75) is 46.0 Å². The molecule has 1 nitrogen and oxygen atoms in total. The van der Waals surface area contributed by atoms with Crippen LogP contribution in [0.4, 0.5) is 0 Å². The molecule has 1 aromatic rings. The lowest BCUT2D eigenvalue weighted by atomic mass is 9.90. The van der Waals surface area contributed by atoms with Gasteiger partial charge in [-0.05, 0) is 30.5 Å². The summed E-state index contributed by atoms with van der Waals surface area (Å²) in [6, 6.07) is 5.71. The fourth-order valence-corrected chi connectivity index (χ4v) is 2.90. The van der Waals surface area contributed by atoms with Crippen molar-refractivity contribution in [1.29, 1.82) is 0 Å². The summed E-state index contributed by atoms with van der Waals surface area (Å²) in [5, 5.41) is 0.671. The largest absolute Gasteiger partial charge is 0.299 e. The molecule has 0 N–H and O–H groups in total. The summed E-state index contributed by atoms with van der Waals surface area (Å²) in [4.78, 5) is 12.3. The van der Waals surface area contributed by atoms with E-state index in [1.54, 1.807) is 0 Å². The van der Waals surface area contributed by atoms with Crippen LogP contribution in [0.1, 0.15) is 45.1 Å². The molecule has 1 rings (SSSR count). The van der Waals surface area contributed by atoms with Crippen LogP contribution in [0.15, 0.2) is 22.7 Å². The molecule has 0 saturated heterocycles. The summed E-state index contributed by atoms with van der Waals surface area (Å²) in [7, 11) is 0. The fourth-order valence-electron chi connectivity index (χ4n) is 2.16. The monoisotopic (exact) mass is 330 g/mol. The van der Waals surface area contributed by atoms with E-state index < -0.39 is 0 Å². The van der Waals surface area contributed by atoms with Gasteiger partial charge in [-0.1, -0.05) is 60.3 Å². The zero-order valence-electron chi connectivity index (χ0n) is 11.0. The molecule has 0 atom stereocenters. The van der Waals surface area contributed by atoms with Gasteiger partial charge in [-0.15, -0.1) is 0 Å². The molecule has 0 fully saturated rings. The van der Waals surface area contributed by atoms with Crippen LogP contribution in [0.2, 0.25) is 5.02 Å². The van der Waals surface area contributed by atoms with Gasteiger partial charge in [0.1, 0.15) is 5.78 Å². The molecule has 0 aliphatic rings. The summed E-state index contributed by atoms with van der Waals surface area (Å²) < 4.78 is 0.947. The van der Waals surface area contributed by atoms with E-state index >= 15 is 0 Å². The van der Waals surface area contributed by atoms with E-state index in [1.807, 2.05) is 18.2 Å². The zero-order valence-corrected chi connectivity index (χ0v) is 13.4. The molecule has 0 aliphatic heterocycles. The fraction of sp³-hybridized carbons (Fsp3) is 0.533. The molecule has 0 aliphatic carbocycles. The number of hydrogen-bond acceptors (Lipinski definition) is 1. The summed E-state index contributed by atoms with van der Waals surface area (Å²) in [5.74, 6) is 0.516. The molecule has 1 aromatic carbocycles. The van der Waals surface area contributed by atoms with E-state index in [-0.39, 0.29) is 5.92 Å². The van der Waals surface area contributed by atoms with Crippen molar-refractivity contribution < 1.29 is 4.79 Å². The van der Waals surface area contributed by atoms with Gasteiger partial charge in [-0.2, -0.15) is 0 Å². The third-order valence-electron chi connectivity index (χ3n) is 3.11. The lowest BCUT2D eigenvalue weighted by molar-refractivity contribution is -0.122. The van der Waals surface area contributed by atoms with E-state index in [1.165, 1.54) is 0 Å². The van der Waals surface area contributed by atoms with Gasteiger partial charge < -0.3 is 0 Å². The third kappa shape index (κ3) is 4.74. The predicted octanol–water partition coefficient (Wildman–Crippen LogP) is 5.43. The highest BCUT2D eigenvalue weighted by Gasteiger charge is 2.17. The highest BCUT2D eigenvalue weighted by atomic mass is 79.9. The number of benzene rings is 1. The van der Waals surface area contributed by atoms with Gasteiger partial charge >= 0.3 is 0 Å². The van der Waals surface area contributed by atoms with Crippen LogP contribution in [0.5, 0.6) is 0 Å². The topological polar surface area (TPSA) is 17.1 Å². The number of ketones is 1. The predicted molar refractivity (Wildman–Crippen MR) is 81.2 cm³/mol. The van der Waals surface area contributed by atoms with Gasteiger partial charge in [-0.25, -0.2) is 0 Å². The second kappa shape index (κ2) is 7.96. The minimum Gasteiger partial charge on any atom is -0.299 e. The molecule has 0 saturated carbocycles. The van der Waals surface area contributed by atoms with Crippen molar-refractivity contribution in [2.75, 3.05) is 0 Å². The van der Waals surface area contributed by atoms with Crippen LogP contribution >= 0.6 is 27.5 Å². The first kappa shape index (κ1) is 15.7. The highest BCUT2D eigenvalue weighted by Crippen LogP contribution is 2.24. The Morgan fingerprint density at radius 1 is 1.28 bits per heavy atom. The SMILES string of the molecule is CCCC(CCC)C(=O)Cc1ccc(Br)cc1Cl. The standard InChI is InChI=1S/C15H20BrClO/c1-3-5-11(6-4-2)15(18)9-12-7-8-13(16)10-14(12)17/h7-8,10-11H,3-6,9H2,1-2H3. The molecular weight excluding hydrogens is 312 g/mol. The Morgan fingerprint density at radius 2 is 1.89 bits per heavy atom. The average molecular weight is 332 g/mol. The van der Waals surface area contributed by atoms with E-state index in [0.717, 1.165) is 35.7 Å². The lowest BCUT2D eigenvalue weighted by Gasteiger charge is -2.14. The third-order valence-corrected chi connectivity index (χ3v) is 3.95. The van der Waals surface area contributed by atoms with Crippen LogP contribution in [0.3, 0.4) is 0 Å². The minimum absolute atomic E-state index is 0.194. The first-order valence-electron chi connectivity index (χ1n) is 6.55.